The second kappa shape index (κ2) is 7.97. The van der Waals surface area contributed by atoms with Crippen molar-refractivity contribution in [2.75, 3.05) is 20.7 Å². The molecule has 0 saturated carbocycles. The van der Waals surface area contributed by atoms with Crippen molar-refractivity contribution < 1.29 is 31.9 Å². The predicted molar refractivity (Wildman–Crippen MR) is 94.9 cm³/mol. The molecule has 0 saturated heterocycles. The molecule has 27 heavy (non-hydrogen) atoms. The smallest absolute Gasteiger partial charge is 0.355 e. The van der Waals surface area contributed by atoms with Crippen molar-refractivity contribution in [1.82, 2.24) is 9.29 Å². The quantitative estimate of drug-likeness (QED) is 0.709. The second-order valence-corrected chi connectivity index (χ2v) is 8.01. The van der Waals surface area contributed by atoms with Crippen molar-refractivity contribution >= 4 is 22.0 Å². The Bertz CT molecular complexity index is 954. The number of esters is 2. The van der Waals surface area contributed by atoms with Crippen LogP contribution in [0.25, 0.3) is 0 Å². The van der Waals surface area contributed by atoms with E-state index >= 15 is 0 Å². The maximum Gasteiger partial charge on any atom is 0.355 e. The van der Waals surface area contributed by atoms with Gasteiger partial charge < -0.3 is 18.9 Å². The van der Waals surface area contributed by atoms with Gasteiger partial charge in [-0.05, 0) is 38.5 Å². The average Bonchev–Trinajstić information content (AvgIpc) is 3.17. The standard InChI is InChI=1S/C17H22N2O7S/c1-6-24-16(20)14-10(2)15(18-11(14)3)17(21)25-9-12-7-8-13(26-12)27(22,23)19(4)5/h7-8,18H,6,9H2,1-5H3. The summed E-state index contributed by atoms with van der Waals surface area (Å²) in [6, 6.07) is 2.71. The molecule has 0 amide bonds. The molecule has 2 aromatic rings. The van der Waals surface area contributed by atoms with Gasteiger partial charge in [-0.25, -0.2) is 22.3 Å². The minimum atomic E-state index is -3.70. The zero-order valence-electron chi connectivity index (χ0n) is 15.8. The Morgan fingerprint density at radius 1 is 1.15 bits per heavy atom. The van der Waals surface area contributed by atoms with Gasteiger partial charge in [0.15, 0.2) is 0 Å². The zero-order valence-corrected chi connectivity index (χ0v) is 16.6. The van der Waals surface area contributed by atoms with Crippen LogP contribution >= 0.6 is 0 Å². The number of aromatic amines is 1. The number of aromatic nitrogens is 1. The van der Waals surface area contributed by atoms with Crippen LogP contribution < -0.4 is 0 Å². The van der Waals surface area contributed by atoms with Crippen LogP contribution in [0.4, 0.5) is 0 Å². The van der Waals surface area contributed by atoms with Gasteiger partial charge in [0.1, 0.15) is 18.1 Å². The van der Waals surface area contributed by atoms with Crippen molar-refractivity contribution in [1.29, 1.82) is 0 Å². The van der Waals surface area contributed by atoms with E-state index in [1.807, 2.05) is 0 Å². The molecule has 148 valence electrons. The first kappa shape index (κ1) is 20.7. The van der Waals surface area contributed by atoms with Crippen LogP contribution in [-0.4, -0.2) is 50.3 Å². The van der Waals surface area contributed by atoms with Crippen molar-refractivity contribution in [2.24, 2.45) is 0 Å². The molecule has 0 atom stereocenters. The maximum absolute atomic E-state index is 12.3. The summed E-state index contributed by atoms with van der Waals surface area (Å²) in [6.45, 7) is 4.92. The van der Waals surface area contributed by atoms with E-state index in [1.54, 1.807) is 20.8 Å². The maximum atomic E-state index is 12.3. The first-order valence-electron chi connectivity index (χ1n) is 8.14. The fourth-order valence-corrected chi connectivity index (χ4v) is 3.24. The van der Waals surface area contributed by atoms with Gasteiger partial charge in [-0.1, -0.05) is 0 Å². The lowest BCUT2D eigenvalue weighted by Gasteiger charge is -2.07. The Morgan fingerprint density at radius 3 is 2.41 bits per heavy atom. The number of rotatable bonds is 7. The zero-order chi connectivity index (χ0) is 20.4. The van der Waals surface area contributed by atoms with E-state index < -0.39 is 22.0 Å². The summed E-state index contributed by atoms with van der Waals surface area (Å²) < 4.78 is 40.4. The third-order valence-electron chi connectivity index (χ3n) is 3.84. The number of furan rings is 1. The highest BCUT2D eigenvalue weighted by molar-refractivity contribution is 7.88. The molecular weight excluding hydrogens is 376 g/mol. The lowest BCUT2D eigenvalue weighted by Crippen LogP contribution is -2.21. The summed E-state index contributed by atoms with van der Waals surface area (Å²) in [6.07, 6.45) is 0. The van der Waals surface area contributed by atoms with Gasteiger partial charge in [0.2, 0.25) is 5.09 Å². The van der Waals surface area contributed by atoms with E-state index in [-0.39, 0.29) is 29.8 Å². The first-order valence-corrected chi connectivity index (χ1v) is 9.58. The fourth-order valence-electron chi connectivity index (χ4n) is 2.43. The normalized spacial score (nSPS) is 11.6. The van der Waals surface area contributed by atoms with Crippen LogP contribution in [0.1, 0.15) is 44.8 Å². The van der Waals surface area contributed by atoms with Gasteiger partial charge >= 0.3 is 11.9 Å². The molecule has 0 aliphatic heterocycles. The summed E-state index contributed by atoms with van der Waals surface area (Å²) in [4.78, 5) is 27.1. The first-order chi connectivity index (χ1) is 12.6. The van der Waals surface area contributed by atoms with Gasteiger partial charge in [0.05, 0.1) is 12.2 Å². The molecule has 0 spiro atoms. The van der Waals surface area contributed by atoms with E-state index in [1.165, 1.54) is 26.2 Å². The number of carbonyl (C=O) groups is 2. The monoisotopic (exact) mass is 398 g/mol. The SMILES string of the molecule is CCOC(=O)c1c(C)[nH]c(C(=O)OCc2ccc(S(=O)(=O)N(C)C)o2)c1C. The molecule has 1 N–H and O–H groups in total. The second-order valence-electron chi connectivity index (χ2n) is 5.93. The van der Waals surface area contributed by atoms with Gasteiger partial charge in [-0.2, -0.15) is 0 Å². The predicted octanol–water partition coefficient (Wildman–Crippen LogP) is 2.01. The number of nitrogens with zero attached hydrogens (tertiary/aromatic N) is 1. The van der Waals surface area contributed by atoms with Crippen LogP contribution in [0.5, 0.6) is 0 Å². The Labute approximate surface area is 157 Å². The number of ether oxygens (including phenoxy) is 2. The third-order valence-corrected chi connectivity index (χ3v) is 5.53. The van der Waals surface area contributed by atoms with Crippen molar-refractivity contribution in [3.05, 3.63) is 40.4 Å². The highest BCUT2D eigenvalue weighted by atomic mass is 32.2. The van der Waals surface area contributed by atoms with Crippen LogP contribution in [0, 0.1) is 13.8 Å². The number of sulfonamides is 1. The Balaban J connectivity index is 2.12. The van der Waals surface area contributed by atoms with Crippen molar-refractivity contribution in [3.63, 3.8) is 0 Å². The molecule has 0 radical (unpaired) electrons. The van der Waals surface area contributed by atoms with Gasteiger partial charge in [0, 0.05) is 19.8 Å². The van der Waals surface area contributed by atoms with Crippen LogP contribution in [-0.2, 0) is 26.1 Å². The molecule has 10 heteroatoms. The minimum Gasteiger partial charge on any atom is -0.462 e. The Kier molecular flexibility index (Phi) is 6.11. The molecule has 0 aliphatic rings. The van der Waals surface area contributed by atoms with Gasteiger partial charge in [0.25, 0.3) is 10.0 Å². The number of hydrogen-bond acceptors (Lipinski definition) is 7. The molecule has 0 bridgehead atoms. The number of carbonyl (C=O) groups excluding carboxylic acids is 2. The lowest BCUT2D eigenvalue weighted by atomic mass is 10.1. The summed E-state index contributed by atoms with van der Waals surface area (Å²) in [5.74, 6) is -1.04. The molecule has 0 aromatic carbocycles. The van der Waals surface area contributed by atoms with E-state index in [9.17, 15) is 18.0 Å². The van der Waals surface area contributed by atoms with Crippen molar-refractivity contribution in [2.45, 2.75) is 32.5 Å². The van der Waals surface area contributed by atoms with Crippen molar-refractivity contribution in [3.8, 4) is 0 Å². The number of H-pyrrole nitrogens is 1. The lowest BCUT2D eigenvalue weighted by molar-refractivity contribution is 0.0433. The van der Waals surface area contributed by atoms with E-state index in [0.29, 0.717) is 16.8 Å². The Hall–Kier alpha value is -2.59. The minimum absolute atomic E-state index is 0.128. The average molecular weight is 398 g/mol. The summed E-state index contributed by atoms with van der Waals surface area (Å²) in [5.41, 5.74) is 1.34. The molecule has 0 aliphatic carbocycles. The highest BCUT2D eigenvalue weighted by Gasteiger charge is 2.25. The Morgan fingerprint density at radius 2 is 1.81 bits per heavy atom. The van der Waals surface area contributed by atoms with Gasteiger partial charge in [-0.3, -0.25) is 0 Å². The number of nitrogens with one attached hydrogen (secondary N) is 1. The molecule has 0 unspecified atom stereocenters. The summed E-state index contributed by atoms with van der Waals surface area (Å²) >= 11 is 0. The highest BCUT2D eigenvalue weighted by Crippen LogP contribution is 2.21. The molecule has 2 heterocycles. The topological polar surface area (TPSA) is 119 Å². The molecule has 2 aromatic heterocycles. The molecule has 2 rings (SSSR count). The fraction of sp³-hybridized carbons (Fsp3) is 0.412. The third kappa shape index (κ3) is 4.22. The molecule has 0 fully saturated rings. The van der Waals surface area contributed by atoms with E-state index in [2.05, 4.69) is 4.98 Å². The van der Waals surface area contributed by atoms with Crippen LogP contribution in [0.2, 0.25) is 0 Å². The van der Waals surface area contributed by atoms with E-state index in [0.717, 1.165) is 4.31 Å². The summed E-state index contributed by atoms with van der Waals surface area (Å²) in [7, 11) is -0.934. The molecule has 9 nitrogen and oxygen atoms in total. The summed E-state index contributed by atoms with van der Waals surface area (Å²) in [5, 5.41) is -0.241. The number of aryl methyl sites for hydroxylation is 1. The van der Waals surface area contributed by atoms with E-state index in [4.69, 9.17) is 13.9 Å². The number of hydrogen-bond donors (Lipinski definition) is 1. The molecular formula is C17H22N2O7S. The van der Waals surface area contributed by atoms with Gasteiger partial charge in [-0.15, -0.1) is 0 Å². The van der Waals surface area contributed by atoms with Crippen LogP contribution in [0.15, 0.2) is 21.6 Å². The van der Waals surface area contributed by atoms with Crippen LogP contribution in [0.3, 0.4) is 0 Å². The largest absolute Gasteiger partial charge is 0.462 e.